The smallest absolute Gasteiger partial charge is 0.455 e. The minimum Gasteiger partial charge on any atom is -0.508 e. The van der Waals surface area contributed by atoms with Crippen LogP contribution in [0.15, 0.2) is 90.0 Å². The van der Waals surface area contributed by atoms with E-state index in [4.69, 9.17) is 9.39 Å². The van der Waals surface area contributed by atoms with E-state index in [0.717, 1.165) is 32.7 Å². The molecule has 3 aromatic rings. The number of anilines is 1. The van der Waals surface area contributed by atoms with Crippen molar-refractivity contribution in [2.45, 2.75) is 31.7 Å². The van der Waals surface area contributed by atoms with Gasteiger partial charge in [-0.2, -0.15) is 0 Å². The zero-order valence-corrected chi connectivity index (χ0v) is 24.7. The van der Waals surface area contributed by atoms with Crippen molar-refractivity contribution in [1.82, 2.24) is 0 Å². The summed E-state index contributed by atoms with van der Waals surface area (Å²) in [6.45, 7) is 0.244. The van der Waals surface area contributed by atoms with Crippen LogP contribution < -0.4 is 4.90 Å². The molecule has 45 heavy (non-hydrogen) atoms. The average Bonchev–Trinajstić information content (AvgIpc) is 3.28. The van der Waals surface area contributed by atoms with Gasteiger partial charge < -0.3 is 19.5 Å². The molecule has 3 aromatic carbocycles. The molecule has 2 aliphatic heterocycles. The summed E-state index contributed by atoms with van der Waals surface area (Å²) < 4.78 is 11.7. The van der Waals surface area contributed by atoms with Crippen molar-refractivity contribution in [3.63, 3.8) is 0 Å². The van der Waals surface area contributed by atoms with Gasteiger partial charge in [-0.15, -0.1) is 0 Å². The summed E-state index contributed by atoms with van der Waals surface area (Å²) in [6.07, 6.45) is 2.98. The molecule has 0 saturated carbocycles. The first-order valence-corrected chi connectivity index (χ1v) is 15.0. The van der Waals surface area contributed by atoms with Crippen molar-refractivity contribution in [3.05, 3.63) is 111 Å². The van der Waals surface area contributed by atoms with E-state index in [-0.39, 0.29) is 30.1 Å². The number of hydrogen-bond acceptors (Lipinski definition) is 8. The fourth-order valence-corrected chi connectivity index (χ4v) is 7.13. The zero-order chi connectivity index (χ0) is 31.7. The minimum absolute atomic E-state index is 0.146. The number of hydrogen-bond donors (Lipinski definition) is 2. The Bertz CT molecular complexity index is 1690. The van der Waals surface area contributed by atoms with Gasteiger partial charge in [0.1, 0.15) is 5.75 Å². The summed E-state index contributed by atoms with van der Waals surface area (Å²) in [5, 5.41) is 32.4. The minimum atomic E-state index is -1.14. The predicted molar refractivity (Wildman–Crippen MR) is 169 cm³/mol. The molecule has 0 aromatic heterocycles. The van der Waals surface area contributed by atoms with E-state index in [9.17, 15) is 29.8 Å². The number of phenolic OH excluding ortho intramolecular Hbond substituents is 1. The van der Waals surface area contributed by atoms with Crippen LogP contribution >= 0.6 is 0 Å². The van der Waals surface area contributed by atoms with Crippen LogP contribution in [0.2, 0.25) is 6.32 Å². The topological polar surface area (TPSA) is 139 Å². The van der Waals surface area contributed by atoms with Gasteiger partial charge in [0.25, 0.3) is 5.69 Å². The third-order valence-electron chi connectivity index (χ3n) is 8.96. The summed E-state index contributed by atoms with van der Waals surface area (Å²) in [5.41, 5.74) is 4.57. The number of benzene rings is 3. The number of allylic oxidation sites excluding steroid dienone is 1. The first-order chi connectivity index (χ1) is 21.7. The van der Waals surface area contributed by atoms with Crippen LogP contribution in [0.5, 0.6) is 5.75 Å². The van der Waals surface area contributed by atoms with E-state index in [1.807, 2.05) is 42.5 Å². The van der Waals surface area contributed by atoms with E-state index in [0.29, 0.717) is 19.3 Å². The van der Waals surface area contributed by atoms with Gasteiger partial charge in [-0.1, -0.05) is 54.6 Å². The molecule has 0 bridgehead atoms. The number of imide groups is 1. The van der Waals surface area contributed by atoms with Crippen LogP contribution in [0.1, 0.15) is 30.4 Å². The second-order valence-electron chi connectivity index (χ2n) is 11.7. The number of non-ortho nitro benzene ring substituents is 1. The highest BCUT2D eigenvalue weighted by Crippen LogP contribution is 2.51. The summed E-state index contributed by atoms with van der Waals surface area (Å²) in [4.78, 5) is 39.6. The summed E-state index contributed by atoms with van der Waals surface area (Å²) >= 11 is 0. The van der Waals surface area contributed by atoms with Gasteiger partial charge in [0, 0.05) is 19.2 Å². The maximum absolute atomic E-state index is 14.0. The van der Waals surface area contributed by atoms with Crippen LogP contribution in [-0.2, 0) is 19.0 Å². The van der Waals surface area contributed by atoms with Gasteiger partial charge in [0.2, 0.25) is 11.8 Å². The van der Waals surface area contributed by atoms with Gasteiger partial charge in [-0.25, -0.2) is 4.90 Å². The summed E-state index contributed by atoms with van der Waals surface area (Å²) in [6, 6.07) is 22.4. The molecule has 2 N–H and O–H groups in total. The maximum atomic E-state index is 14.0. The molecular weight excluding hydrogens is 575 g/mol. The van der Waals surface area contributed by atoms with Gasteiger partial charge in [-0.3, -0.25) is 19.7 Å². The van der Waals surface area contributed by atoms with E-state index in [1.165, 1.54) is 24.3 Å². The quantitative estimate of drug-likeness (QED) is 0.0837. The Hall–Kier alpha value is -4.58. The molecule has 0 unspecified atom stereocenters. The van der Waals surface area contributed by atoms with Gasteiger partial charge in [0.05, 0.1) is 35.2 Å². The number of fused-ring (bicyclic) bond motifs is 3. The molecule has 0 spiro atoms. The number of aromatic hydroxyl groups is 1. The number of amides is 2. The Labute approximate surface area is 260 Å². The number of nitro benzene ring substituents is 1. The first-order valence-electron chi connectivity index (χ1n) is 15.0. The molecule has 1 aliphatic carbocycles. The lowest BCUT2D eigenvalue weighted by Gasteiger charge is -2.43. The van der Waals surface area contributed by atoms with E-state index in [1.54, 1.807) is 25.3 Å². The lowest BCUT2D eigenvalue weighted by molar-refractivity contribution is -0.384. The molecule has 11 heteroatoms. The second kappa shape index (κ2) is 12.8. The van der Waals surface area contributed by atoms with Crippen LogP contribution in [-0.4, -0.2) is 53.8 Å². The van der Waals surface area contributed by atoms with Gasteiger partial charge in [0.15, 0.2) is 0 Å². The number of nitrogens with zero attached hydrogens (tertiary/aromatic N) is 2. The van der Waals surface area contributed by atoms with Crippen molar-refractivity contribution in [2.24, 2.45) is 17.8 Å². The Balaban J connectivity index is 1.33. The molecule has 2 heterocycles. The van der Waals surface area contributed by atoms with Crippen LogP contribution in [0.3, 0.4) is 0 Å². The van der Waals surface area contributed by atoms with E-state index in [2.05, 4.69) is 0 Å². The molecule has 10 nitrogen and oxygen atoms in total. The van der Waals surface area contributed by atoms with Crippen molar-refractivity contribution in [1.29, 1.82) is 0 Å². The van der Waals surface area contributed by atoms with Crippen LogP contribution in [0.25, 0.3) is 11.6 Å². The normalized spacial score (nSPS) is 23.3. The first kappa shape index (κ1) is 30.5. The number of ether oxygens (including phenoxy) is 1. The Morgan fingerprint density at radius 2 is 1.84 bits per heavy atom. The number of rotatable bonds is 9. The predicted octanol–water partition coefficient (Wildman–Crippen LogP) is 5.27. The van der Waals surface area contributed by atoms with E-state index < -0.39 is 47.7 Å². The Morgan fingerprint density at radius 1 is 1.07 bits per heavy atom. The average molecular weight is 608 g/mol. The highest BCUT2D eigenvalue weighted by atomic mass is 16.6. The highest BCUT2D eigenvalue weighted by molar-refractivity contribution is 6.43. The molecular formula is C34H33BN2O8. The maximum Gasteiger partial charge on any atom is 0.455 e. The summed E-state index contributed by atoms with van der Waals surface area (Å²) in [5.74, 6) is -2.53. The van der Waals surface area contributed by atoms with Crippen LogP contribution in [0.4, 0.5) is 11.4 Å². The third-order valence-corrected chi connectivity index (χ3v) is 8.96. The Kier molecular flexibility index (Phi) is 8.66. The molecule has 3 aliphatic rings. The number of phenols is 1. The van der Waals surface area contributed by atoms with Crippen molar-refractivity contribution in [3.8, 4) is 5.75 Å². The number of carbonyl (C=O) groups is 2. The standard InChI is InChI=1S/C34H33BN2O8/c1-44-20-24-17-28-32(34(40)36(33(28)39)25-10-6-11-26(18-25)37(42)43)29-19-35(41)45-30(31(24)29)14-13-23(22-8-3-2-4-9-22)15-21-7-5-12-27(38)16-21/h2-12,15-16,18,28-30,32,38,41H,13-14,17,19-20H2,1H3/b23-15-/t28-,29+,30-,32-/m1/s1. The fraction of sp³-hybridized carbons (Fsp3) is 0.294. The molecule has 4 atom stereocenters. The van der Waals surface area contributed by atoms with Crippen molar-refractivity contribution >= 4 is 42.0 Å². The molecule has 0 radical (unpaired) electrons. The number of methoxy groups -OCH3 is 1. The molecule has 6 rings (SSSR count). The summed E-state index contributed by atoms with van der Waals surface area (Å²) in [7, 11) is 0.432. The van der Waals surface area contributed by atoms with E-state index >= 15 is 0 Å². The zero-order valence-electron chi connectivity index (χ0n) is 24.7. The SMILES string of the molecule is COCC1=C2[C@@H](CC/C(=C/c3cccc(O)c3)c3ccccc3)OB(O)C[C@@H]2[C@@H]2C(=O)N(c3cccc([N+](=O)[O-])c3)C(=O)[C@@H]2C1. The lowest BCUT2D eigenvalue weighted by Crippen LogP contribution is -2.46. The largest absolute Gasteiger partial charge is 0.508 e. The number of nitro groups is 1. The lowest BCUT2D eigenvalue weighted by atomic mass is 9.58. The molecule has 2 amide bonds. The number of carbonyl (C=O) groups excluding carboxylic acids is 2. The van der Waals surface area contributed by atoms with Crippen LogP contribution in [0, 0.1) is 27.9 Å². The highest BCUT2D eigenvalue weighted by Gasteiger charge is 2.57. The molecule has 230 valence electrons. The molecule has 2 saturated heterocycles. The molecule has 2 fully saturated rings. The fourth-order valence-electron chi connectivity index (χ4n) is 7.13. The van der Waals surface area contributed by atoms with Crippen molar-refractivity contribution in [2.75, 3.05) is 18.6 Å². The van der Waals surface area contributed by atoms with Crippen molar-refractivity contribution < 1.29 is 34.0 Å². The third kappa shape index (κ3) is 6.06. The van der Waals surface area contributed by atoms with Gasteiger partial charge in [-0.05, 0) is 77.5 Å². The Morgan fingerprint density at radius 3 is 2.58 bits per heavy atom. The second-order valence-corrected chi connectivity index (χ2v) is 11.7. The van der Waals surface area contributed by atoms with Gasteiger partial charge >= 0.3 is 7.12 Å². The monoisotopic (exact) mass is 608 g/mol.